The zero-order valence-corrected chi connectivity index (χ0v) is 11.3. The monoisotopic (exact) mass is 278 g/mol. The molecule has 2 rings (SSSR count). The number of benzene rings is 1. The molecule has 1 aliphatic rings. The minimum atomic E-state index is -0.934. The molecule has 1 aliphatic heterocycles. The van der Waals surface area contributed by atoms with Crippen LogP contribution in [0.3, 0.4) is 0 Å². The van der Waals surface area contributed by atoms with Gasteiger partial charge in [0.1, 0.15) is 5.92 Å². The van der Waals surface area contributed by atoms with Gasteiger partial charge in [0.2, 0.25) is 5.91 Å². The van der Waals surface area contributed by atoms with E-state index in [0.29, 0.717) is 5.69 Å². The Morgan fingerprint density at radius 2 is 2.20 bits per heavy atom. The first-order valence-electron chi connectivity index (χ1n) is 6.39. The first-order valence-corrected chi connectivity index (χ1v) is 6.39. The highest BCUT2D eigenvalue weighted by molar-refractivity contribution is 5.80. The van der Waals surface area contributed by atoms with Crippen LogP contribution in [-0.4, -0.2) is 48.2 Å². The number of nitrogen functional groups attached to an aromatic ring is 1. The fourth-order valence-electron chi connectivity index (χ4n) is 2.35. The van der Waals surface area contributed by atoms with Gasteiger partial charge in [-0.2, -0.15) is 0 Å². The lowest BCUT2D eigenvalue weighted by Gasteiger charge is -2.26. The minimum absolute atomic E-state index is 0.141. The Hall–Kier alpha value is -2.08. The number of carboxylic acids is 1. The normalized spacial score (nSPS) is 21.6. The average Bonchev–Trinajstić information content (AvgIpc) is 2.87. The number of aliphatic carboxylic acids is 1. The van der Waals surface area contributed by atoms with Crippen LogP contribution in [0, 0.1) is 5.92 Å². The standard InChI is InChI=1S/C14H18N2O4/c1-16(12-8-20-7-11(12)14(18)19)13(17)6-9-3-2-4-10(15)5-9/h2-5,11-12H,6-8,15H2,1H3,(H,18,19). The molecular formula is C14H18N2O4. The SMILES string of the molecule is CN(C(=O)Cc1cccc(N)c1)C1COCC1C(=O)O. The van der Waals surface area contributed by atoms with Gasteiger partial charge in [-0.3, -0.25) is 9.59 Å². The highest BCUT2D eigenvalue weighted by atomic mass is 16.5. The van der Waals surface area contributed by atoms with Crippen LogP contribution in [0.2, 0.25) is 0 Å². The second kappa shape index (κ2) is 5.92. The van der Waals surface area contributed by atoms with Gasteiger partial charge < -0.3 is 20.5 Å². The zero-order valence-electron chi connectivity index (χ0n) is 11.3. The molecule has 20 heavy (non-hydrogen) atoms. The van der Waals surface area contributed by atoms with Crippen LogP contribution >= 0.6 is 0 Å². The molecule has 0 saturated carbocycles. The largest absolute Gasteiger partial charge is 0.481 e. The molecule has 1 heterocycles. The summed E-state index contributed by atoms with van der Waals surface area (Å²) in [6.07, 6.45) is 0.199. The Kier molecular flexibility index (Phi) is 4.24. The van der Waals surface area contributed by atoms with E-state index in [9.17, 15) is 9.59 Å². The summed E-state index contributed by atoms with van der Waals surface area (Å²) in [7, 11) is 1.61. The number of likely N-dealkylation sites (N-methyl/N-ethyl adjacent to an activating group) is 1. The summed E-state index contributed by atoms with van der Waals surface area (Å²) >= 11 is 0. The van der Waals surface area contributed by atoms with Crippen LogP contribution in [0.15, 0.2) is 24.3 Å². The van der Waals surface area contributed by atoms with E-state index >= 15 is 0 Å². The zero-order chi connectivity index (χ0) is 14.7. The number of carbonyl (C=O) groups is 2. The van der Waals surface area contributed by atoms with Crippen LogP contribution in [-0.2, 0) is 20.7 Å². The van der Waals surface area contributed by atoms with Gasteiger partial charge in [-0.15, -0.1) is 0 Å². The van der Waals surface area contributed by atoms with Crippen molar-refractivity contribution in [2.24, 2.45) is 5.92 Å². The van der Waals surface area contributed by atoms with Crippen molar-refractivity contribution >= 4 is 17.6 Å². The quantitative estimate of drug-likeness (QED) is 0.776. The summed E-state index contributed by atoms with van der Waals surface area (Å²) in [5.74, 6) is -1.74. The van der Waals surface area contributed by atoms with Gasteiger partial charge in [0.05, 0.1) is 25.7 Å². The highest BCUT2D eigenvalue weighted by Crippen LogP contribution is 2.20. The van der Waals surface area contributed by atoms with Crippen LogP contribution in [0.4, 0.5) is 5.69 Å². The molecule has 0 aromatic heterocycles. The van der Waals surface area contributed by atoms with Crippen molar-refractivity contribution in [3.8, 4) is 0 Å². The number of hydrogen-bond donors (Lipinski definition) is 2. The van der Waals surface area contributed by atoms with Crippen molar-refractivity contribution in [1.29, 1.82) is 0 Å². The number of nitrogens with two attached hydrogens (primary N) is 1. The molecule has 6 nitrogen and oxygen atoms in total. The summed E-state index contributed by atoms with van der Waals surface area (Å²) in [5.41, 5.74) is 7.09. The molecule has 1 aromatic carbocycles. The molecule has 1 amide bonds. The molecule has 2 atom stereocenters. The summed E-state index contributed by atoms with van der Waals surface area (Å²) in [5, 5.41) is 9.11. The van der Waals surface area contributed by atoms with Crippen LogP contribution in [0.1, 0.15) is 5.56 Å². The van der Waals surface area contributed by atoms with E-state index in [1.165, 1.54) is 4.90 Å². The number of carbonyl (C=O) groups excluding carboxylic acids is 1. The lowest BCUT2D eigenvalue weighted by Crippen LogP contribution is -2.44. The fourth-order valence-corrected chi connectivity index (χ4v) is 2.35. The van der Waals surface area contributed by atoms with Gasteiger partial charge in [0, 0.05) is 12.7 Å². The average molecular weight is 278 g/mol. The predicted molar refractivity (Wildman–Crippen MR) is 73.1 cm³/mol. The summed E-state index contributed by atoms with van der Waals surface area (Å²) < 4.78 is 5.18. The van der Waals surface area contributed by atoms with Crippen molar-refractivity contribution in [1.82, 2.24) is 4.90 Å². The molecule has 108 valence electrons. The van der Waals surface area contributed by atoms with Crippen LogP contribution in [0.25, 0.3) is 0 Å². The second-order valence-electron chi connectivity index (χ2n) is 4.98. The minimum Gasteiger partial charge on any atom is -0.481 e. The third-order valence-electron chi connectivity index (χ3n) is 3.56. The van der Waals surface area contributed by atoms with E-state index in [2.05, 4.69) is 0 Å². The van der Waals surface area contributed by atoms with Gasteiger partial charge in [-0.1, -0.05) is 12.1 Å². The van der Waals surface area contributed by atoms with Crippen molar-refractivity contribution in [3.05, 3.63) is 29.8 Å². The Morgan fingerprint density at radius 3 is 2.85 bits per heavy atom. The third-order valence-corrected chi connectivity index (χ3v) is 3.56. The maximum absolute atomic E-state index is 12.2. The first-order chi connectivity index (χ1) is 9.49. The lowest BCUT2D eigenvalue weighted by molar-refractivity contribution is -0.144. The van der Waals surface area contributed by atoms with Gasteiger partial charge in [0.15, 0.2) is 0 Å². The molecule has 0 spiro atoms. The van der Waals surface area contributed by atoms with Gasteiger partial charge >= 0.3 is 5.97 Å². The molecule has 3 N–H and O–H groups in total. The maximum Gasteiger partial charge on any atom is 0.311 e. The van der Waals surface area contributed by atoms with Gasteiger partial charge in [0.25, 0.3) is 0 Å². The van der Waals surface area contributed by atoms with Crippen molar-refractivity contribution < 1.29 is 19.4 Å². The Balaban J connectivity index is 2.03. The van der Waals surface area contributed by atoms with Crippen LogP contribution in [0.5, 0.6) is 0 Å². The molecule has 0 radical (unpaired) electrons. The molecule has 1 fully saturated rings. The van der Waals surface area contributed by atoms with E-state index in [-0.39, 0.29) is 25.5 Å². The molecule has 0 aliphatic carbocycles. The summed E-state index contributed by atoms with van der Waals surface area (Å²) in [6, 6.07) is 6.69. The Bertz CT molecular complexity index is 518. The molecule has 1 saturated heterocycles. The number of anilines is 1. The number of rotatable bonds is 4. The smallest absolute Gasteiger partial charge is 0.311 e. The van der Waals surface area contributed by atoms with E-state index in [1.807, 2.05) is 6.07 Å². The number of amides is 1. The van der Waals surface area contributed by atoms with E-state index in [1.54, 1.807) is 25.2 Å². The summed E-state index contributed by atoms with van der Waals surface area (Å²) in [6.45, 7) is 0.409. The van der Waals surface area contributed by atoms with E-state index in [4.69, 9.17) is 15.6 Å². The van der Waals surface area contributed by atoms with Gasteiger partial charge in [-0.25, -0.2) is 0 Å². The molecule has 0 bridgehead atoms. The molecule has 6 heteroatoms. The number of carboxylic acid groups (broad SMARTS) is 1. The molecular weight excluding hydrogens is 260 g/mol. The topological polar surface area (TPSA) is 92.9 Å². The van der Waals surface area contributed by atoms with E-state index < -0.39 is 17.9 Å². The second-order valence-corrected chi connectivity index (χ2v) is 4.98. The molecule has 1 aromatic rings. The number of nitrogens with zero attached hydrogens (tertiary/aromatic N) is 1. The maximum atomic E-state index is 12.2. The highest BCUT2D eigenvalue weighted by Gasteiger charge is 2.38. The Labute approximate surface area is 117 Å². The van der Waals surface area contributed by atoms with E-state index in [0.717, 1.165) is 5.56 Å². The molecule has 2 unspecified atom stereocenters. The van der Waals surface area contributed by atoms with Crippen LogP contribution < -0.4 is 5.73 Å². The van der Waals surface area contributed by atoms with Crippen molar-refractivity contribution in [3.63, 3.8) is 0 Å². The lowest BCUT2D eigenvalue weighted by atomic mass is 10.0. The number of ether oxygens (including phenoxy) is 1. The van der Waals surface area contributed by atoms with Crippen molar-refractivity contribution in [2.75, 3.05) is 26.0 Å². The van der Waals surface area contributed by atoms with Crippen molar-refractivity contribution in [2.45, 2.75) is 12.5 Å². The Morgan fingerprint density at radius 1 is 1.45 bits per heavy atom. The fraction of sp³-hybridized carbons (Fsp3) is 0.429. The first kappa shape index (κ1) is 14.3. The predicted octanol–water partition coefficient (Wildman–Crippen LogP) is 0.369. The third kappa shape index (κ3) is 3.08. The number of hydrogen-bond acceptors (Lipinski definition) is 4. The van der Waals surface area contributed by atoms with Gasteiger partial charge in [-0.05, 0) is 17.7 Å². The summed E-state index contributed by atoms with van der Waals surface area (Å²) in [4.78, 5) is 24.8.